The molecule has 0 radical (unpaired) electrons. The highest BCUT2D eigenvalue weighted by Crippen LogP contribution is 2.28. The van der Waals surface area contributed by atoms with Crippen molar-refractivity contribution in [2.45, 2.75) is 39.3 Å². The minimum atomic E-state index is -0.134. The quantitative estimate of drug-likeness (QED) is 0.902. The van der Waals surface area contributed by atoms with E-state index in [9.17, 15) is 4.79 Å². The fraction of sp³-hybridized carbons (Fsp3) is 0.412. The van der Waals surface area contributed by atoms with Gasteiger partial charge in [-0.25, -0.2) is 9.78 Å². The lowest BCUT2D eigenvalue weighted by Crippen LogP contribution is -2.39. The Morgan fingerprint density at radius 1 is 1.43 bits per heavy atom. The molecule has 1 unspecified atom stereocenters. The summed E-state index contributed by atoms with van der Waals surface area (Å²) in [5.74, 6) is 1.86. The molecule has 0 fully saturated rings. The van der Waals surface area contributed by atoms with Crippen molar-refractivity contribution in [3.05, 3.63) is 40.2 Å². The Morgan fingerprint density at radius 3 is 3.00 bits per heavy atom. The first kappa shape index (κ1) is 15.8. The minimum absolute atomic E-state index is 0.0515. The molecular formula is C17H21N3O2S. The van der Waals surface area contributed by atoms with Gasteiger partial charge in [0.05, 0.1) is 23.5 Å². The zero-order chi connectivity index (χ0) is 16.4. The molecule has 3 rings (SSSR count). The second kappa shape index (κ2) is 6.58. The number of thiazole rings is 1. The number of aromatic nitrogens is 1. The van der Waals surface area contributed by atoms with E-state index < -0.39 is 0 Å². The number of nitrogens with one attached hydrogen (secondary N) is 1. The van der Waals surface area contributed by atoms with Crippen LogP contribution in [0.4, 0.5) is 10.6 Å². The average Bonchev–Trinajstić information content (AvgIpc) is 2.89. The van der Waals surface area contributed by atoms with Gasteiger partial charge in [0, 0.05) is 5.56 Å². The summed E-state index contributed by atoms with van der Waals surface area (Å²) in [6, 6.07) is 7.72. The molecule has 122 valence electrons. The Bertz CT molecular complexity index is 699. The molecule has 5 nitrogen and oxygen atoms in total. The molecule has 6 heteroatoms. The van der Waals surface area contributed by atoms with Crippen LogP contribution in [-0.4, -0.2) is 28.6 Å². The number of nitrogens with zero attached hydrogens (tertiary/aromatic N) is 2. The molecule has 0 saturated heterocycles. The van der Waals surface area contributed by atoms with Crippen molar-refractivity contribution in [1.82, 2.24) is 9.88 Å². The molecule has 2 aromatic rings. The van der Waals surface area contributed by atoms with Gasteiger partial charge in [0.2, 0.25) is 0 Å². The number of hydrogen-bond acceptors (Lipinski definition) is 4. The first-order chi connectivity index (χ1) is 11.0. The second-order valence-electron chi connectivity index (χ2n) is 6.07. The SMILES string of the molecule is CC1CN(C(=O)Nc2ncsc2C(C)C)Cc2ccccc2O1. The molecule has 1 aromatic heterocycles. The van der Waals surface area contributed by atoms with Crippen LogP contribution in [0.25, 0.3) is 0 Å². The average molecular weight is 331 g/mol. The van der Waals surface area contributed by atoms with Gasteiger partial charge in [-0.15, -0.1) is 11.3 Å². The van der Waals surface area contributed by atoms with E-state index in [1.54, 1.807) is 21.7 Å². The maximum Gasteiger partial charge on any atom is 0.323 e. The number of anilines is 1. The monoisotopic (exact) mass is 331 g/mol. The third-order valence-electron chi connectivity index (χ3n) is 3.77. The first-order valence-electron chi connectivity index (χ1n) is 7.78. The van der Waals surface area contributed by atoms with E-state index in [0.29, 0.717) is 24.8 Å². The Balaban J connectivity index is 1.78. The van der Waals surface area contributed by atoms with E-state index in [1.807, 2.05) is 31.2 Å². The standard InChI is InChI=1S/C17H21N3O2S/c1-11(2)15-16(18-10-23-15)19-17(21)20-8-12(3)22-14-7-5-4-6-13(14)9-20/h4-7,10-12H,8-9H2,1-3H3,(H,19,21). The maximum absolute atomic E-state index is 12.7. The number of fused-ring (bicyclic) bond motifs is 1. The molecule has 2 amide bonds. The van der Waals surface area contributed by atoms with Crippen LogP contribution in [0.5, 0.6) is 5.75 Å². The second-order valence-corrected chi connectivity index (χ2v) is 6.95. The molecule has 0 saturated carbocycles. The number of para-hydroxylation sites is 1. The molecule has 1 aliphatic rings. The molecule has 2 heterocycles. The van der Waals surface area contributed by atoms with Gasteiger partial charge in [0.25, 0.3) is 0 Å². The number of carbonyl (C=O) groups is 1. The predicted molar refractivity (Wildman–Crippen MR) is 92.2 cm³/mol. The Kier molecular flexibility index (Phi) is 4.52. The van der Waals surface area contributed by atoms with Crippen molar-refractivity contribution in [3.8, 4) is 5.75 Å². The van der Waals surface area contributed by atoms with Gasteiger partial charge in [-0.3, -0.25) is 5.32 Å². The summed E-state index contributed by atoms with van der Waals surface area (Å²) in [5, 5.41) is 2.95. The van der Waals surface area contributed by atoms with Crippen LogP contribution in [0.2, 0.25) is 0 Å². The number of carbonyl (C=O) groups excluding carboxylic acids is 1. The fourth-order valence-electron chi connectivity index (χ4n) is 2.68. The van der Waals surface area contributed by atoms with E-state index in [0.717, 1.165) is 16.2 Å². The Morgan fingerprint density at radius 2 is 2.22 bits per heavy atom. The summed E-state index contributed by atoms with van der Waals surface area (Å²) in [6.07, 6.45) is -0.0515. The van der Waals surface area contributed by atoms with Gasteiger partial charge >= 0.3 is 6.03 Å². The Labute approximate surface area is 140 Å². The molecule has 1 aromatic carbocycles. The number of urea groups is 1. The minimum Gasteiger partial charge on any atom is -0.489 e. The van der Waals surface area contributed by atoms with Gasteiger partial charge in [-0.2, -0.15) is 0 Å². The van der Waals surface area contributed by atoms with E-state index in [-0.39, 0.29) is 12.1 Å². The summed E-state index contributed by atoms with van der Waals surface area (Å²) in [4.78, 5) is 19.8. The molecule has 1 N–H and O–H groups in total. The fourth-order valence-corrected chi connectivity index (χ4v) is 3.44. The number of hydrogen-bond donors (Lipinski definition) is 1. The molecule has 23 heavy (non-hydrogen) atoms. The number of ether oxygens (including phenoxy) is 1. The van der Waals surface area contributed by atoms with Gasteiger partial charge in [0.15, 0.2) is 0 Å². The highest BCUT2D eigenvalue weighted by Gasteiger charge is 2.24. The molecule has 0 bridgehead atoms. The van der Waals surface area contributed by atoms with Crippen LogP contribution in [0.1, 0.15) is 37.1 Å². The van der Waals surface area contributed by atoms with Crippen LogP contribution >= 0.6 is 11.3 Å². The molecular weight excluding hydrogens is 310 g/mol. The van der Waals surface area contributed by atoms with Crippen LogP contribution in [-0.2, 0) is 6.54 Å². The van der Waals surface area contributed by atoms with E-state index in [4.69, 9.17) is 4.74 Å². The molecule has 0 aliphatic carbocycles. The summed E-state index contributed by atoms with van der Waals surface area (Å²) < 4.78 is 5.90. The van der Waals surface area contributed by atoms with Crippen LogP contribution in [0.3, 0.4) is 0 Å². The Hall–Kier alpha value is -2.08. The third-order valence-corrected chi connectivity index (χ3v) is 4.90. The van der Waals surface area contributed by atoms with Crippen LogP contribution in [0.15, 0.2) is 29.8 Å². The lowest BCUT2D eigenvalue weighted by Gasteiger charge is -2.22. The lowest BCUT2D eigenvalue weighted by molar-refractivity contribution is 0.166. The third kappa shape index (κ3) is 3.47. The molecule has 0 spiro atoms. The van der Waals surface area contributed by atoms with E-state index in [2.05, 4.69) is 24.1 Å². The number of amides is 2. The van der Waals surface area contributed by atoms with Gasteiger partial charge < -0.3 is 9.64 Å². The smallest absolute Gasteiger partial charge is 0.323 e. The van der Waals surface area contributed by atoms with Crippen molar-refractivity contribution < 1.29 is 9.53 Å². The normalized spacial score (nSPS) is 17.4. The van der Waals surface area contributed by atoms with Crippen molar-refractivity contribution in [1.29, 1.82) is 0 Å². The van der Waals surface area contributed by atoms with Gasteiger partial charge in [-0.05, 0) is 18.9 Å². The summed E-state index contributed by atoms with van der Waals surface area (Å²) in [5.41, 5.74) is 2.79. The molecule has 1 atom stereocenters. The van der Waals surface area contributed by atoms with Crippen LogP contribution < -0.4 is 10.1 Å². The summed E-state index contributed by atoms with van der Waals surface area (Å²) in [6.45, 7) is 7.25. The largest absolute Gasteiger partial charge is 0.489 e. The molecule has 1 aliphatic heterocycles. The highest BCUT2D eigenvalue weighted by molar-refractivity contribution is 7.10. The maximum atomic E-state index is 12.7. The van der Waals surface area contributed by atoms with Gasteiger partial charge in [-0.1, -0.05) is 32.0 Å². The number of rotatable bonds is 2. The summed E-state index contributed by atoms with van der Waals surface area (Å²) in [7, 11) is 0. The summed E-state index contributed by atoms with van der Waals surface area (Å²) >= 11 is 1.57. The zero-order valence-corrected chi connectivity index (χ0v) is 14.4. The number of benzene rings is 1. The van der Waals surface area contributed by atoms with Gasteiger partial charge in [0.1, 0.15) is 17.7 Å². The van der Waals surface area contributed by atoms with Crippen molar-refractivity contribution >= 4 is 23.2 Å². The lowest BCUT2D eigenvalue weighted by atomic mass is 10.2. The van der Waals surface area contributed by atoms with Crippen LogP contribution in [0, 0.1) is 0 Å². The van der Waals surface area contributed by atoms with E-state index in [1.165, 1.54) is 0 Å². The topological polar surface area (TPSA) is 54.5 Å². The zero-order valence-electron chi connectivity index (χ0n) is 13.6. The van der Waals surface area contributed by atoms with Crippen molar-refractivity contribution in [2.75, 3.05) is 11.9 Å². The van der Waals surface area contributed by atoms with Crippen molar-refractivity contribution in [3.63, 3.8) is 0 Å². The predicted octanol–water partition coefficient (Wildman–Crippen LogP) is 4.08. The van der Waals surface area contributed by atoms with E-state index >= 15 is 0 Å². The first-order valence-corrected chi connectivity index (χ1v) is 8.66. The van der Waals surface area contributed by atoms with Crippen molar-refractivity contribution in [2.24, 2.45) is 0 Å². The highest BCUT2D eigenvalue weighted by atomic mass is 32.1.